The molecule has 0 aliphatic carbocycles. The van der Waals surface area contributed by atoms with Gasteiger partial charge in [0.25, 0.3) is 0 Å². The summed E-state index contributed by atoms with van der Waals surface area (Å²) >= 11 is 0. The molecule has 27 heavy (non-hydrogen) atoms. The number of hydrogen-bond acceptors (Lipinski definition) is 4. The molecule has 1 aromatic heterocycles. The van der Waals surface area contributed by atoms with Gasteiger partial charge in [0.2, 0.25) is 11.8 Å². The van der Waals surface area contributed by atoms with Crippen LogP contribution < -0.4 is 15.9 Å². The molecule has 1 aliphatic rings. The van der Waals surface area contributed by atoms with Crippen LogP contribution in [-0.2, 0) is 16.0 Å². The molecule has 0 radical (unpaired) electrons. The molecule has 0 fully saturated rings. The van der Waals surface area contributed by atoms with Crippen molar-refractivity contribution in [2.45, 2.75) is 39.0 Å². The Morgan fingerprint density at radius 1 is 1.30 bits per heavy atom. The van der Waals surface area contributed by atoms with Gasteiger partial charge in [-0.2, -0.15) is 4.98 Å². The molecule has 0 saturated carbocycles. The van der Waals surface area contributed by atoms with E-state index in [-0.39, 0.29) is 23.4 Å². The molecule has 7 heteroatoms. The zero-order valence-electron chi connectivity index (χ0n) is 15.8. The molecule has 2 heterocycles. The first-order valence-electron chi connectivity index (χ1n) is 9.05. The van der Waals surface area contributed by atoms with Gasteiger partial charge in [0.15, 0.2) is 0 Å². The Morgan fingerprint density at radius 3 is 2.78 bits per heavy atom. The monoisotopic (exact) mass is 368 g/mol. The summed E-state index contributed by atoms with van der Waals surface area (Å²) in [6.45, 7) is 4.01. The van der Waals surface area contributed by atoms with Crippen molar-refractivity contribution in [1.29, 1.82) is 0 Å². The second kappa shape index (κ2) is 7.73. The quantitative estimate of drug-likeness (QED) is 0.838. The number of benzene rings is 1. The molecule has 1 aliphatic heterocycles. The Morgan fingerprint density at radius 2 is 2.04 bits per heavy atom. The van der Waals surface area contributed by atoms with E-state index in [1.807, 2.05) is 31.2 Å². The van der Waals surface area contributed by atoms with Crippen LogP contribution in [0.3, 0.4) is 0 Å². The Labute approximate surface area is 157 Å². The highest BCUT2D eigenvalue weighted by Crippen LogP contribution is 2.34. The van der Waals surface area contributed by atoms with E-state index >= 15 is 0 Å². The van der Waals surface area contributed by atoms with Crippen LogP contribution in [0.2, 0.25) is 0 Å². The topological polar surface area (TPSA) is 95.2 Å². The molecule has 142 valence electrons. The van der Waals surface area contributed by atoms with Crippen molar-refractivity contribution in [2.24, 2.45) is 0 Å². The number of nitrogens with zero attached hydrogens (tertiary/aromatic N) is 2. The van der Waals surface area contributed by atoms with Crippen molar-refractivity contribution >= 4 is 17.5 Å². The standard InChI is InChI=1S/C20H24N4O3/c1-12-15(13(2)23-20(27)22-12)8-9-18(25)21-11-14-10-19(26)24(3)17-7-5-4-6-16(14)17/h4-7,14H,8-11H2,1-3H3,(H,21,25)(H,22,23,27). The third-order valence-electron chi connectivity index (χ3n) is 5.13. The van der Waals surface area contributed by atoms with Gasteiger partial charge >= 0.3 is 5.69 Å². The van der Waals surface area contributed by atoms with Crippen LogP contribution in [0.1, 0.15) is 41.3 Å². The van der Waals surface area contributed by atoms with Gasteiger partial charge in [-0.1, -0.05) is 18.2 Å². The molecule has 1 atom stereocenters. The first kappa shape index (κ1) is 18.8. The van der Waals surface area contributed by atoms with E-state index in [0.29, 0.717) is 31.5 Å². The Bertz CT molecular complexity index is 909. The van der Waals surface area contributed by atoms with Crippen molar-refractivity contribution in [1.82, 2.24) is 15.3 Å². The zero-order chi connectivity index (χ0) is 19.6. The van der Waals surface area contributed by atoms with Crippen LogP contribution in [0.5, 0.6) is 0 Å². The summed E-state index contributed by atoms with van der Waals surface area (Å²) < 4.78 is 0. The predicted molar refractivity (Wildman–Crippen MR) is 103 cm³/mol. The number of aromatic amines is 1. The minimum atomic E-state index is -0.371. The van der Waals surface area contributed by atoms with E-state index in [9.17, 15) is 14.4 Å². The van der Waals surface area contributed by atoms with E-state index in [1.54, 1.807) is 18.9 Å². The first-order valence-corrected chi connectivity index (χ1v) is 9.05. The fourth-order valence-electron chi connectivity index (χ4n) is 3.60. The van der Waals surface area contributed by atoms with Gasteiger partial charge in [0.05, 0.1) is 0 Å². The number of para-hydroxylation sites is 1. The number of amides is 2. The summed E-state index contributed by atoms with van der Waals surface area (Å²) in [5.41, 5.74) is 3.90. The van der Waals surface area contributed by atoms with Gasteiger partial charge in [-0.25, -0.2) is 4.79 Å². The highest BCUT2D eigenvalue weighted by molar-refractivity contribution is 5.96. The maximum absolute atomic E-state index is 12.3. The minimum absolute atomic E-state index is 0.0212. The maximum Gasteiger partial charge on any atom is 0.345 e. The van der Waals surface area contributed by atoms with E-state index in [4.69, 9.17) is 0 Å². The van der Waals surface area contributed by atoms with Crippen LogP contribution in [0, 0.1) is 13.8 Å². The number of fused-ring (bicyclic) bond motifs is 1. The lowest BCUT2D eigenvalue weighted by molar-refractivity contribution is -0.122. The largest absolute Gasteiger partial charge is 0.355 e. The number of aromatic nitrogens is 2. The number of aryl methyl sites for hydroxylation is 2. The molecule has 1 unspecified atom stereocenters. The van der Waals surface area contributed by atoms with Crippen LogP contribution in [0.15, 0.2) is 29.1 Å². The summed E-state index contributed by atoms with van der Waals surface area (Å²) in [5.74, 6) is -0.0468. The number of rotatable bonds is 5. The third-order valence-corrected chi connectivity index (χ3v) is 5.13. The lowest BCUT2D eigenvalue weighted by Gasteiger charge is -2.31. The Hall–Kier alpha value is -2.96. The number of H-pyrrole nitrogens is 1. The zero-order valence-corrected chi connectivity index (χ0v) is 15.8. The molecule has 3 rings (SSSR count). The molecule has 2 aromatic rings. The van der Waals surface area contributed by atoms with Gasteiger partial charge in [-0.05, 0) is 37.5 Å². The van der Waals surface area contributed by atoms with Crippen molar-refractivity contribution in [3.05, 3.63) is 57.3 Å². The normalized spacial score (nSPS) is 16.2. The lowest BCUT2D eigenvalue weighted by atomic mass is 9.89. The Kier molecular flexibility index (Phi) is 5.39. The van der Waals surface area contributed by atoms with Gasteiger partial charge in [0, 0.05) is 49.4 Å². The number of hydrogen-bond donors (Lipinski definition) is 2. The summed E-state index contributed by atoms with van der Waals surface area (Å²) in [5, 5.41) is 2.95. The van der Waals surface area contributed by atoms with Crippen LogP contribution in [0.25, 0.3) is 0 Å². The molecule has 7 nitrogen and oxygen atoms in total. The van der Waals surface area contributed by atoms with Crippen molar-refractivity contribution in [3.8, 4) is 0 Å². The predicted octanol–water partition coefficient (Wildman–Crippen LogP) is 1.59. The highest BCUT2D eigenvalue weighted by atomic mass is 16.2. The molecule has 2 N–H and O–H groups in total. The van der Waals surface area contributed by atoms with Crippen molar-refractivity contribution in [2.75, 3.05) is 18.5 Å². The molecule has 0 saturated heterocycles. The molecule has 1 aromatic carbocycles. The average molecular weight is 368 g/mol. The summed E-state index contributed by atoms with van der Waals surface area (Å²) in [6, 6.07) is 7.79. The van der Waals surface area contributed by atoms with Gasteiger partial charge < -0.3 is 15.2 Å². The van der Waals surface area contributed by atoms with Gasteiger partial charge in [0.1, 0.15) is 0 Å². The summed E-state index contributed by atoms with van der Waals surface area (Å²) in [4.78, 5) is 44.1. The van der Waals surface area contributed by atoms with E-state index in [2.05, 4.69) is 15.3 Å². The van der Waals surface area contributed by atoms with E-state index in [0.717, 1.165) is 22.5 Å². The second-order valence-electron chi connectivity index (χ2n) is 6.95. The average Bonchev–Trinajstić information content (AvgIpc) is 2.62. The fraction of sp³-hybridized carbons (Fsp3) is 0.400. The second-order valence-corrected chi connectivity index (χ2v) is 6.95. The molecular weight excluding hydrogens is 344 g/mol. The SMILES string of the molecule is Cc1nc(=O)[nH]c(C)c1CCC(=O)NCC1CC(=O)N(C)c2ccccc21. The molecule has 0 spiro atoms. The number of carbonyl (C=O) groups is 2. The van der Waals surface area contributed by atoms with Crippen molar-refractivity contribution in [3.63, 3.8) is 0 Å². The highest BCUT2D eigenvalue weighted by Gasteiger charge is 2.28. The summed E-state index contributed by atoms with van der Waals surface area (Å²) in [7, 11) is 1.78. The van der Waals surface area contributed by atoms with Crippen LogP contribution in [-0.4, -0.2) is 35.4 Å². The third kappa shape index (κ3) is 4.07. The number of anilines is 1. The van der Waals surface area contributed by atoms with E-state index < -0.39 is 0 Å². The minimum Gasteiger partial charge on any atom is -0.355 e. The first-order chi connectivity index (χ1) is 12.9. The molecule has 0 bridgehead atoms. The number of carbonyl (C=O) groups excluding carboxylic acids is 2. The lowest BCUT2D eigenvalue weighted by Crippen LogP contribution is -2.37. The number of nitrogens with one attached hydrogen (secondary N) is 2. The smallest absolute Gasteiger partial charge is 0.345 e. The van der Waals surface area contributed by atoms with Gasteiger partial charge in [-0.15, -0.1) is 0 Å². The Balaban J connectivity index is 1.61. The summed E-state index contributed by atoms with van der Waals surface area (Å²) in [6.07, 6.45) is 1.20. The maximum atomic E-state index is 12.3. The van der Waals surface area contributed by atoms with Gasteiger partial charge in [-0.3, -0.25) is 9.59 Å². The molecule has 2 amide bonds. The van der Waals surface area contributed by atoms with Crippen LogP contribution in [0.4, 0.5) is 5.69 Å². The fourth-order valence-corrected chi connectivity index (χ4v) is 3.60. The van der Waals surface area contributed by atoms with Crippen LogP contribution >= 0.6 is 0 Å². The van der Waals surface area contributed by atoms with E-state index in [1.165, 1.54) is 0 Å². The molecular formula is C20H24N4O3. The van der Waals surface area contributed by atoms with Crippen molar-refractivity contribution < 1.29 is 9.59 Å².